The van der Waals surface area contributed by atoms with Crippen LogP contribution >= 0.6 is 11.8 Å². The second-order valence-electron chi connectivity index (χ2n) is 4.04. The van der Waals surface area contributed by atoms with Gasteiger partial charge in [-0.15, -0.1) is 11.8 Å². The van der Waals surface area contributed by atoms with Gasteiger partial charge in [-0.25, -0.2) is 0 Å². The lowest BCUT2D eigenvalue weighted by atomic mass is 10.2. The molecule has 82 valence electrons. The van der Waals surface area contributed by atoms with Crippen molar-refractivity contribution in [2.24, 2.45) is 0 Å². The Morgan fingerprint density at radius 2 is 2.00 bits per heavy atom. The molecular formula is C12H18N2S. The van der Waals surface area contributed by atoms with Gasteiger partial charge in [0.25, 0.3) is 0 Å². The zero-order valence-corrected chi connectivity index (χ0v) is 10.2. The summed E-state index contributed by atoms with van der Waals surface area (Å²) in [6.45, 7) is 1.15. The average molecular weight is 222 g/mol. The van der Waals surface area contributed by atoms with Gasteiger partial charge in [0.2, 0.25) is 0 Å². The van der Waals surface area contributed by atoms with Gasteiger partial charge in [0.05, 0.1) is 5.37 Å². The van der Waals surface area contributed by atoms with Crippen molar-refractivity contribution in [1.29, 1.82) is 0 Å². The van der Waals surface area contributed by atoms with Gasteiger partial charge in [0.1, 0.15) is 0 Å². The molecule has 0 radical (unpaired) electrons. The molecule has 0 aromatic heterocycles. The Morgan fingerprint density at radius 1 is 1.27 bits per heavy atom. The van der Waals surface area contributed by atoms with E-state index in [4.69, 9.17) is 0 Å². The van der Waals surface area contributed by atoms with Crippen molar-refractivity contribution in [2.75, 3.05) is 31.3 Å². The minimum absolute atomic E-state index is 0.495. The van der Waals surface area contributed by atoms with E-state index < -0.39 is 0 Å². The summed E-state index contributed by atoms with van der Waals surface area (Å²) in [5.41, 5.74) is 2.66. The second-order valence-corrected chi connectivity index (χ2v) is 5.26. The van der Waals surface area contributed by atoms with Crippen LogP contribution in [-0.4, -0.2) is 26.4 Å². The molecule has 1 fully saturated rings. The Hall–Kier alpha value is -0.670. The van der Waals surface area contributed by atoms with Crippen molar-refractivity contribution < 1.29 is 0 Å². The van der Waals surface area contributed by atoms with E-state index in [0.717, 1.165) is 6.54 Å². The van der Waals surface area contributed by atoms with Gasteiger partial charge in [0, 0.05) is 19.8 Å². The third-order valence-corrected chi connectivity index (χ3v) is 3.94. The van der Waals surface area contributed by atoms with E-state index in [0.29, 0.717) is 5.37 Å². The molecule has 0 aliphatic carbocycles. The van der Waals surface area contributed by atoms with Crippen molar-refractivity contribution in [3.8, 4) is 0 Å². The fourth-order valence-corrected chi connectivity index (χ4v) is 2.86. The summed E-state index contributed by atoms with van der Waals surface area (Å²) in [7, 11) is 4.14. The van der Waals surface area contributed by atoms with Crippen LogP contribution in [0.5, 0.6) is 0 Å². The lowest BCUT2D eigenvalue weighted by molar-refractivity contribution is 0.643. The van der Waals surface area contributed by atoms with Crippen molar-refractivity contribution in [3.05, 3.63) is 29.8 Å². The largest absolute Gasteiger partial charge is 0.378 e. The number of rotatable bonds is 2. The minimum Gasteiger partial charge on any atom is -0.378 e. The molecule has 1 N–H and O–H groups in total. The van der Waals surface area contributed by atoms with Crippen LogP contribution in [0.3, 0.4) is 0 Å². The van der Waals surface area contributed by atoms with Crippen molar-refractivity contribution in [1.82, 2.24) is 5.32 Å². The third-order valence-electron chi connectivity index (χ3n) is 2.65. The molecule has 2 nitrogen and oxygen atoms in total. The Bertz CT molecular complexity index is 302. The highest BCUT2D eigenvalue weighted by Crippen LogP contribution is 2.30. The normalized spacial score (nSPS) is 21.3. The van der Waals surface area contributed by atoms with Crippen LogP contribution < -0.4 is 10.2 Å². The van der Waals surface area contributed by atoms with Crippen molar-refractivity contribution in [2.45, 2.75) is 11.8 Å². The first kappa shape index (κ1) is 10.8. The number of benzene rings is 1. The molecule has 15 heavy (non-hydrogen) atoms. The fraction of sp³-hybridized carbons (Fsp3) is 0.500. The molecule has 1 aliphatic rings. The van der Waals surface area contributed by atoms with Crippen LogP contribution in [0, 0.1) is 0 Å². The van der Waals surface area contributed by atoms with E-state index in [1.807, 2.05) is 11.8 Å². The Balaban J connectivity index is 2.08. The highest BCUT2D eigenvalue weighted by molar-refractivity contribution is 7.99. The van der Waals surface area contributed by atoms with E-state index >= 15 is 0 Å². The van der Waals surface area contributed by atoms with Crippen LogP contribution in [0.4, 0.5) is 5.69 Å². The predicted octanol–water partition coefficient (Wildman–Crippen LogP) is 2.48. The summed E-state index contributed by atoms with van der Waals surface area (Å²) in [4.78, 5) is 2.13. The molecule has 1 aliphatic heterocycles. The maximum Gasteiger partial charge on any atom is 0.0789 e. The molecule has 1 atom stereocenters. The number of hydrogen-bond acceptors (Lipinski definition) is 3. The maximum atomic E-state index is 3.53. The van der Waals surface area contributed by atoms with Crippen LogP contribution in [0.15, 0.2) is 24.3 Å². The lowest BCUT2D eigenvalue weighted by Crippen LogP contribution is -2.25. The standard InChI is InChI=1S/C12H18N2S/c1-14(2)11-6-4-10(5-7-11)12-13-8-3-9-15-12/h4-7,12-13H,3,8-9H2,1-2H3. The fourth-order valence-electron chi connectivity index (χ4n) is 1.73. The molecule has 3 heteroatoms. The molecule has 1 aromatic carbocycles. The van der Waals surface area contributed by atoms with Crippen LogP contribution in [0.1, 0.15) is 17.4 Å². The van der Waals surface area contributed by atoms with E-state index in [2.05, 4.69) is 48.6 Å². The monoisotopic (exact) mass is 222 g/mol. The van der Waals surface area contributed by atoms with Gasteiger partial charge in [-0.3, -0.25) is 0 Å². The van der Waals surface area contributed by atoms with Crippen LogP contribution in [0.2, 0.25) is 0 Å². The van der Waals surface area contributed by atoms with Gasteiger partial charge in [-0.1, -0.05) is 12.1 Å². The number of nitrogens with one attached hydrogen (secondary N) is 1. The predicted molar refractivity (Wildman–Crippen MR) is 68.6 cm³/mol. The second kappa shape index (κ2) is 4.90. The van der Waals surface area contributed by atoms with Crippen molar-refractivity contribution in [3.63, 3.8) is 0 Å². The van der Waals surface area contributed by atoms with Gasteiger partial charge >= 0.3 is 0 Å². The Labute approximate surface area is 96.0 Å². The molecule has 1 aromatic rings. The molecular weight excluding hydrogens is 204 g/mol. The molecule has 1 heterocycles. The van der Waals surface area contributed by atoms with E-state index in [1.54, 1.807) is 0 Å². The smallest absolute Gasteiger partial charge is 0.0789 e. The van der Waals surface area contributed by atoms with Crippen LogP contribution in [0.25, 0.3) is 0 Å². The molecule has 0 saturated carbocycles. The highest BCUT2D eigenvalue weighted by Gasteiger charge is 2.14. The first-order chi connectivity index (χ1) is 7.27. The average Bonchev–Trinajstić information content (AvgIpc) is 2.30. The maximum absolute atomic E-state index is 3.53. The number of anilines is 1. The number of nitrogens with zero attached hydrogens (tertiary/aromatic N) is 1. The third kappa shape index (κ3) is 2.67. The summed E-state index contributed by atoms with van der Waals surface area (Å²) in [5, 5.41) is 4.03. The first-order valence-corrected chi connectivity index (χ1v) is 6.44. The topological polar surface area (TPSA) is 15.3 Å². The molecule has 1 saturated heterocycles. The molecule has 0 bridgehead atoms. The molecule has 0 spiro atoms. The van der Waals surface area contributed by atoms with Gasteiger partial charge in [0.15, 0.2) is 0 Å². The van der Waals surface area contributed by atoms with Gasteiger partial charge in [-0.05, 0) is 36.4 Å². The summed E-state index contributed by atoms with van der Waals surface area (Å²) >= 11 is 2.01. The lowest BCUT2D eigenvalue weighted by Gasteiger charge is -2.24. The van der Waals surface area contributed by atoms with Gasteiger partial charge < -0.3 is 10.2 Å². The highest BCUT2D eigenvalue weighted by atomic mass is 32.2. The Morgan fingerprint density at radius 3 is 2.53 bits per heavy atom. The first-order valence-electron chi connectivity index (χ1n) is 5.39. The molecule has 0 amide bonds. The summed E-state index contributed by atoms with van der Waals surface area (Å²) in [6, 6.07) is 8.83. The Kier molecular flexibility index (Phi) is 3.54. The van der Waals surface area contributed by atoms with Crippen LogP contribution in [-0.2, 0) is 0 Å². The number of thioether (sulfide) groups is 1. The summed E-state index contributed by atoms with van der Waals surface area (Å²) in [5.74, 6) is 1.27. The summed E-state index contributed by atoms with van der Waals surface area (Å²) in [6.07, 6.45) is 1.29. The van der Waals surface area contributed by atoms with E-state index in [-0.39, 0.29) is 0 Å². The SMILES string of the molecule is CN(C)c1ccc(C2NCCCS2)cc1. The zero-order valence-electron chi connectivity index (χ0n) is 9.36. The van der Waals surface area contributed by atoms with E-state index in [1.165, 1.54) is 23.4 Å². The minimum atomic E-state index is 0.495. The number of hydrogen-bond donors (Lipinski definition) is 1. The molecule has 1 unspecified atom stereocenters. The zero-order chi connectivity index (χ0) is 10.7. The van der Waals surface area contributed by atoms with E-state index in [9.17, 15) is 0 Å². The van der Waals surface area contributed by atoms with Crippen molar-refractivity contribution >= 4 is 17.4 Å². The molecule has 2 rings (SSSR count). The quantitative estimate of drug-likeness (QED) is 0.827. The van der Waals surface area contributed by atoms with Gasteiger partial charge in [-0.2, -0.15) is 0 Å². The summed E-state index contributed by atoms with van der Waals surface area (Å²) < 4.78 is 0.